The zero-order valence-corrected chi connectivity index (χ0v) is 17.5. The maximum Gasteiger partial charge on any atom is 0.229 e. The third-order valence-corrected chi connectivity index (χ3v) is 6.20. The molecule has 2 fully saturated rings. The Bertz CT molecular complexity index is 951. The van der Waals surface area contributed by atoms with Crippen LogP contribution in [-0.4, -0.2) is 109 Å². The van der Waals surface area contributed by atoms with Crippen LogP contribution < -0.4 is 4.74 Å². The van der Waals surface area contributed by atoms with Gasteiger partial charge in [0, 0.05) is 5.56 Å². The fraction of sp³-hybridized carbons (Fsp3) is 0.545. The summed E-state index contributed by atoms with van der Waals surface area (Å²) in [7, 11) is 0. The number of hydrogen-bond acceptors (Lipinski definition) is 11. The van der Waals surface area contributed by atoms with Crippen LogP contribution in [0.2, 0.25) is 0 Å². The van der Waals surface area contributed by atoms with Crippen LogP contribution in [0.25, 0.3) is 10.8 Å². The van der Waals surface area contributed by atoms with Gasteiger partial charge in [0.05, 0.1) is 13.2 Å². The van der Waals surface area contributed by atoms with E-state index < -0.39 is 74.4 Å². The first-order chi connectivity index (χ1) is 15.8. The molecule has 0 aromatic heterocycles. The largest absolute Gasteiger partial charge is 0.462 e. The fourth-order valence-corrected chi connectivity index (χ4v) is 4.30. The van der Waals surface area contributed by atoms with Crippen molar-refractivity contribution in [2.24, 2.45) is 0 Å². The predicted octanol–water partition coefficient (Wildman–Crippen LogP) is -2.47. The Morgan fingerprint density at radius 1 is 0.667 bits per heavy atom. The summed E-state index contributed by atoms with van der Waals surface area (Å²) in [6.07, 6.45) is -14.7. The molecule has 2 aliphatic rings. The molecule has 0 radical (unpaired) electrons. The first-order valence-corrected chi connectivity index (χ1v) is 10.6. The summed E-state index contributed by atoms with van der Waals surface area (Å²) < 4.78 is 17.0. The maximum atomic E-state index is 10.7. The molecule has 0 saturated carbocycles. The molecule has 10 atom stereocenters. The summed E-state index contributed by atoms with van der Waals surface area (Å²) in [5.41, 5.74) is 0.252. The van der Waals surface area contributed by atoms with Crippen molar-refractivity contribution >= 4 is 10.8 Å². The minimum absolute atomic E-state index is 0.0577. The minimum Gasteiger partial charge on any atom is -0.462 e. The van der Waals surface area contributed by atoms with Gasteiger partial charge in [-0.3, -0.25) is 0 Å². The molecule has 4 rings (SSSR count). The molecular formula is C22H28O11. The normalized spacial score (nSPS) is 39.5. The molecule has 11 heteroatoms. The Hall–Kier alpha value is -1.90. The van der Waals surface area contributed by atoms with E-state index in [9.17, 15) is 40.9 Å². The quantitative estimate of drug-likeness (QED) is 0.232. The predicted molar refractivity (Wildman–Crippen MR) is 111 cm³/mol. The molecule has 0 unspecified atom stereocenters. The molecule has 11 nitrogen and oxygen atoms in total. The van der Waals surface area contributed by atoms with Crippen molar-refractivity contribution in [2.45, 2.75) is 61.2 Å². The Labute approximate surface area is 188 Å². The molecule has 0 amide bonds. The van der Waals surface area contributed by atoms with Gasteiger partial charge < -0.3 is 55.1 Å². The van der Waals surface area contributed by atoms with Gasteiger partial charge in [0.2, 0.25) is 6.29 Å². The summed E-state index contributed by atoms with van der Waals surface area (Å²) in [4.78, 5) is 0. The lowest BCUT2D eigenvalue weighted by Crippen LogP contribution is -2.60. The van der Waals surface area contributed by atoms with Crippen LogP contribution in [0, 0.1) is 0 Å². The van der Waals surface area contributed by atoms with E-state index in [0.29, 0.717) is 5.39 Å². The highest BCUT2D eigenvalue weighted by Gasteiger charge is 2.47. The molecule has 0 bridgehead atoms. The lowest BCUT2D eigenvalue weighted by Gasteiger charge is -2.42. The van der Waals surface area contributed by atoms with Crippen LogP contribution in [0.3, 0.4) is 0 Å². The van der Waals surface area contributed by atoms with Crippen LogP contribution in [-0.2, 0) is 9.47 Å². The van der Waals surface area contributed by atoms with Crippen LogP contribution in [0.4, 0.5) is 0 Å². The third kappa shape index (κ3) is 4.33. The summed E-state index contributed by atoms with van der Waals surface area (Å²) in [5.74, 6) is 0.0577. The minimum atomic E-state index is -1.67. The zero-order chi connectivity index (χ0) is 23.9. The number of fused-ring (bicyclic) bond motifs is 1. The fourth-order valence-electron chi connectivity index (χ4n) is 4.30. The van der Waals surface area contributed by atoms with Gasteiger partial charge in [0.1, 0.15) is 60.7 Å². The van der Waals surface area contributed by atoms with Crippen molar-refractivity contribution in [1.82, 2.24) is 0 Å². The second-order valence-electron chi connectivity index (χ2n) is 8.26. The molecule has 2 heterocycles. The Morgan fingerprint density at radius 3 is 1.94 bits per heavy atom. The van der Waals surface area contributed by atoms with Crippen molar-refractivity contribution in [2.75, 3.05) is 13.2 Å². The Balaban J connectivity index is 1.76. The van der Waals surface area contributed by atoms with E-state index in [1.54, 1.807) is 30.3 Å². The zero-order valence-electron chi connectivity index (χ0n) is 17.5. The van der Waals surface area contributed by atoms with Gasteiger partial charge in [-0.2, -0.15) is 0 Å². The average Bonchev–Trinajstić information content (AvgIpc) is 2.83. The number of benzene rings is 2. The van der Waals surface area contributed by atoms with Gasteiger partial charge in [-0.1, -0.05) is 30.3 Å². The SMILES string of the molecule is OC[C@H]1O[C@@H](c2c(O[C@H]3O[C@H](CO)[C@@H](O)[C@H](O)[C@@H]3O)ccc3ccccc23)[C@H](O)[C@@H](O)[C@H]1O. The first kappa shape index (κ1) is 24.2. The first-order valence-electron chi connectivity index (χ1n) is 10.6. The molecular weight excluding hydrogens is 440 g/mol. The highest BCUT2D eigenvalue weighted by molar-refractivity contribution is 5.88. The van der Waals surface area contributed by atoms with E-state index in [0.717, 1.165) is 5.39 Å². The van der Waals surface area contributed by atoms with E-state index in [4.69, 9.17) is 14.2 Å². The molecule has 8 N–H and O–H groups in total. The van der Waals surface area contributed by atoms with Crippen molar-refractivity contribution in [3.05, 3.63) is 42.0 Å². The van der Waals surface area contributed by atoms with E-state index >= 15 is 0 Å². The summed E-state index contributed by atoms with van der Waals surface area (Å²) in [5, 5.41) is 81.9. The van der Waals surface area contributed by atoms with Crippen molar-refractivity contribution in [3.8, 4) is 5.75 Å². The summed E-state index contributed by atoms with van der Waals surface area (Å²) in [6, 6.07) is 10.2. The number of hydrogen-bond donors (Lipinski definition) is 8. The van der Waals surface area contributed by atoms with Crippen molar-refractivity contribution in [3.63, 3.8) is 0 Å². The molecule has 2 aromatic carbocycles. The van der Waals surface area contributed by atoms with Gasteiger partial charge in [-0.25, -0.2) is 0 Å². The highest BCUT2D eigenvalue weighted by atomic mass is 16.7. The van der Waals surface area contributed by atoms with E-state index in [-0.39, 0.29) is 11.3 Å². The number of rotatable bonds is 5. The Kier molecular flexibility index (Phi) is 7.17. The molecule has 182 valence electrons. The van der Waals surface area contributed by atoms with Crippen LogP contribution in [0.5, 0.6) is 5.75 Å². The standard InChI is InChI=1S/C22H28O11/c23-7-12-15(25)17(27)19(29)21(31-12)14-10-4-2-1-3-9(10)5-6-11(14)32-22-20(30)18(28)16(26)13(8-24)33-22/h1-6,12-13,15-30H,7-8H2/t12-,13-,15+,16-,17+,18+,19-,20+,21+,22+/m1/s1. The van der Waals surface area contributed by atoms with Gasteiger partial charge in [-0.05, 0) is 16.8 Å². The third-order valence-electron chi connectivity index (χ3n) is 6.20. The van der Waals surface area contributed by atoms with E-state index in [1.165, 1.54) is 6.07 Å². The molecule has 33 heavy (non-hydrogen) atoms. The molecule has 0 aliphatic carbocycles. The Morgan fingerprint density at radius 2 is 1.27 bits per heavy atom. The molecule has 2 aromatic rings. The number of ether oxygens (including phenoxy) is 3. The summed E-state index contributed by atoms with van der Waals surface area (Å²) in [6.45, 7) is -1.25. The van der Waals surface area contributed by atoms with Crippen LogP contribution in [0.1, 0.15) is 11.7 Å². The van der Waals surface area contributed by atoms with Crippen molar-refractivity contribution in [1.29, 1.82) is 0 Å². The van der Waals surface area contributed by atoms with Crippen LogP contribution in [0.15, 0.2) is 36.4 Å². The molecule has 2 aliphatic heterocycles. The van der Waals surface area contributed by atoms with Gasteiger partial charge in [0.25, 0.3) is 0 Å². The lowest BCUT2D eigenvalue weighted by atomic mass is 9.88. The molecule has 2 saturated heterocycles. The number of aliphatic hydroxyl groups excluding tert-OH is 8. The highest BCUT2D eigenvalue weighted by Crippen LogP contribution is 2.42. The van der Waals surface area contributed by atoms with Crippen LogP contribution >= 0.6 is 0 Å². The number of aliphatic hydroxyl groups is 8. The second-order valence-corrected chi connectivity index (χ2v) is 8.26. The summed E-state index contributed by atoms with van der Waals surface area (Å²) >= 11 is 0. The smallest absolute Gasteiger partial charge is 0.229 e. The van der Waals surface area contributed by atoms with Gasteiger partial charge >= 0.3 is 0 Å². The second kappa shape index (κ2) is 9.76. The van der Waals surface area contributed by atoms with Crippen molar-refractivity contribution < 1.29 is 55.1 Å². The van der Waals surface area contributed by atoms with E-state index in [2.05, 4.69) is 0 Å². The monoisotopic (exact) mass is 468 g/mol. The maximum absolute atomic E-state index is 10.7. The van der Waals surface area contributed by atoms with E-state index in [1.807, 2.05) is 0 Å². The molecule has 0 spiro atoms. The van der Waals surface area contributed by atoms with Gasteiger partial charge in [0.15, 0.2) is 0 Å². The lowest BCUT2D eigenvalue weighted by molar-refractivity contribution is -0.278. The average molecular weight is 468 g/mol. The topological polar surface area (TPSA) is 190 Å². The van der Waals surface area contributed by atoms with Gasteiger partial charge in [-0.15, -0.1) is 0 Å².